The van der Waals surface area contributed by atoms with E-state index in [0.717, 1.165) is 31.0 Å². The van der Waals surface area contributed by atoms with Gasteiger partial charge < -0.3 is 19.9 Å². The summed E-state index contributed by atoms with van der Waals surface area (Å²) >= 11 is 0. The maximum Gasteiger partial charge on any atom is 0.416 e. The normalized spacial score (nSPS) is 13.7. The number of fused-ring (bicyclic) bond motifs is 1. The molecule has 5 aromatic rings. The van der Waals surface area contributed by atoms with E-state index in [-0.39, 0.29) is 22.5 Å². The number of imidazole rings is 2. The number of pyridine rings is 1. The second-order valence-electron chi connectivity index (χ2n) is 9.63. The molecule has 0 saturated carbocycles. The van der Waals surface area contributed by atoms with Gasteiger partial charge in [-0.15, -0.1) is 5.10 Å². The first-order valence-corrected chi connectivity index (χ1v) is 12.9. The summed E-state index contributed by atoms with van der Waals surface area (Å²) in [6, 6.07) is 8.58. The molecule has 2 N–H and O–H groups in total. The number of nitrogens with zero attached hydrogens (tertiary/aromatic N) is 7. The molecular formula is C29H23F3N8O2. The molecule has 1 aliphatic rings. The minimum atomic E-state index is -4.64. The molecule has 10 nitrogen and oxygen atoms in total. The number of ether oxygens (including phenoxy) is 1. The third-order valence-corrected chi connectivity index (χ3v) is 6.70. The summed E-state index contributed by atoms with van der Waals surface area (Å²) in [5.41, 5.74) is 7.03. The van der Waals surface area contributed by atoms with Crippen molar-refractivity contribution in [3.63, 3.8) is 0 Å². The topological polar surface area (TPSA) is 116 Å². The van der Waals surface area contributed by atoms with E-state index in [9.17, 15) is 18.0 Å². The molecule has 1 fully saturated rings. The lowest BCUT2D eigenvalue weighted by atomic mass is 10.0. The number of benzene rings is 1. The Morgan fingerprint density at radius 3 is 2.55 bits per heavy atom. The van der Waals surface area contributed by atoms with Crippen LogP contribution in [0.2, 0.25) is 0 Å². The number of carbonyl (C=O) groups excluding carboxylic acids is 1. The van der Waals surface area contributed by atoms with Crippen LogP contribution in [0.1, 0.15) is 32.9 Å². The summed E-state index contributed by atoms with van der Waals surface area (Å²) in [4.78, 5) is 27.3. The van der Waals surface area contributed by atoms with Crippen molar-refractivity contribution in [3.05, 3.63) is 89.4 Å². The minimum absolute atomic E-state index is 0.00357. The van der Waals surface area contributed by atoms with Crippen molar-refractivity contribution in [2.45, 2.75) is 13.1 Å². The van der Waals surface area contributed by atoms with Gasteiger partial charge in [-0.25, -0.2) is 14.5 Å². The lowest BCUT2D eigenvalue weighted by Gasteiger charge is -2.27. The fourth-order valence-corrected chi connectivity index (χ4v) is 4.62. The zero-order chi connectivity index (χ0) is 29.4. The Morgan fingerprint density at radius 1 is 1.02 bits per heavy atom. The van der Waals surface area contributed by atoms with Crippen molar-refractivity contribution in [1.29, 1.82) is 0 Å². The number of hydrogen-bond donors (Lipinski definition) is 1. The van der Waals surface area contributed by atoms with Crippen LogP contribution in [0.5, 0.6) is 0 Å². The number of aryl methyl sites for hydroxylation is 1. The van der Waals surface area contributed by atoms with Gasteiger partial charge in [0.15, 0.2) is 5.65 Å². The molecular weight excluding hydrogens is 549 g/mol. The first-order chi connectivity index (χ1) is 20.2. The number of rotatable bonds is 4. The Hall–Kier alpha value is -5.22. The Bertz CT molecular complexity index is 1880. The van der Waals surface area contributed by atoms with E-state index in [0.29, 0.717) is 35.8 Å². The average molecular weight is 573 g/mol. The van der Waals surface area contributed by atoms with Crippen molar-refractivity contribution < 1.29 is 22.7 Å². The minimum Gasteiger partial charge on any atom is -0.378 e. The van der Waals surface area contributed by atoms with E-state index < -0.39 is 17.6 Å². The number of carbonyl (C=O) groups is 1. The zero-order valence-electron chi connectivity index (χ0n) is 22.3. The Labute approximate surface area is 237 Å². The first kappa shape index (κ1) is 27.0. The fourth-order valence-electron chi connectivity index (χ4n) is 4.62. The van der Waals surface area contributed by atoms with E-state index in [1.165, 1.54) is 29.2 Å². The molecule has 5 heterocycles. The fraction of sp³-hybridized carbons (Fsp3) is 0.207. The highest BCUT2D eigenvalue weighted by Crippen LogP contribution is 2.35. The molecule has 212 valence electrons. The summed E-state index contributed by atoms with van der Waals surface area (Å²) in [5, 5.41) is 4.67. The summed E-state index contributed by atoms with van der Waals surface area (Å²) in [7, 11) is 0. The van der Waals surface area contributed by atoms with Crippen LogP contribution in [0.4, 0.5) is 19.0 Å². The number of hydrogen-bond acceptors (Lipinski definition) is 7. The Balaban J connectivity index is 1.38. The molecule has 0 spiro atoms. The molecule has 13 heteroatoms. The third kappa shape index (κ3) is 5.39. The van der Waals surface area contributed by atoms with Crippen molar-refractivity contribution in [2.24, 2.45) is 5.73 Å². The van der Waals surface area contributed by atoms with Gasteiger partial charge in [-0.3, -0.25) is 9.78 Å². The first-order valence-electron chi connectivity index (χ1n) is 12.9. The van der Waals surface area contributed by atoms with Gasteiger partial charge in [0.2, 0.25) is 0 Å². The van der Waals surface area contributed by atoms with Crippen molar-refractivity contribution in [3.8, 4) is 28.8 Å². The number of primary amides is 1. The molecule has 0 bridgehead atoms. The highest BCUT2D eigenvalue weighted by molar-refractivity contribution is 5.99. The maximum atomic E-state index is 13.8. The monoisotopic (exact) mass is 572 g/mol. The van der Waals surface area contributed by atoms with E-state index in [2.05, 4.69) is 36.8 Å². The van der Waals surface area contributed by atoms with Crippen LogP contribution >= 0.6 is 0 Å². The molecule has 1 aliphatic heterocycles. The van der Waals surface area contributed by atoms with Gasteiger partial charge in [0, 0.05) is 42.3 Å². The van der Waals surface area contributed by atoms with Gasteiger partial charge in [-0.2, -0.15) is 13.2 Å². The third-order valence-electron chi connectivity index (χ3n) is 6.70. The van der Waals surface area contributed by atoms with E-state index in [1.807, 2.05) is 12.1 Å². The van der Waals surface area contributed by atoms with Crippen LogP contribution in [0.3, 0.4) is 0 Å². The number of aromatic nitrogens is 6. The van der Waals surface area contributed by atoms with Gasteiger partial charge in [0.25, 0.3) is 5.91 Å². The predicted molar refractivity (Wildman–Crippen MR) is 147 cm³/mol. The van der Waals surface area contributed by atoms with E-state index in [1.54, 1.807) is 23.8 Å². The van der Waals surface area contributed by atoms with Crippen LogP contribution in [0.15, 0.2) is 61.3 Å². The molecule has 6 rings (SSSR count). The number of anilines is 1. The van der Waals surface area contributed by atoms with Gasteiger partial charge in [-0.05, 0) is 49.2 Å². The number of alkyl halides is 3. The van der Waals surface area contributed by atoms with Crippen LogP contribution < -0.4 is 10.6 Å². The SMILES string of the molecule is Cc1cn(-c2cc(-c3ncc(C#Cc4cnc5ccc(N6CCOCC6)nn45)cc3C(N)=O)cc(C(F)(F)F)c2)cn1. The molecule has 42 heavy (non-hydrogen) atoms. The highest BCUT2D eigenvalue weighted by atomic mass is 19.4. The lowest BCUT2D eigenvalue weighted by molar-refractivity contribution is -0.137. The quantitative estimate of drug-likeness (QED) is 0.327. The van der Waals surface area contributed by atoms with Crippen LogP contribution in [0.25, 0.3) is 22.6 Å². The molecule has 0 aliphatic carbocycles. The number of amides is 1. The van der Waals surface area contributed by atoms with Crippen LogP contribution in [-0.4, -0.2) is 61.3 Å². The molecule has 0 atom stereocenters. The number of morpholine rings is 1. The maximum absolute atomic E-state index is 13.8. The van der Waals surface area contributed by atoms with Gasteiger partial charge in [0.1, 0.15) is 11.5 Å². The lowest BCUT2D eigenvalue weighted by Crippen LogP contribution is -2.37. The van der Waals surface area contributed by atoms with Crippen molar-refractivity contribution in [2.75, 3.05) is 31.2 Å². The predicted octanol–water partition coefficient (Wildman–Crippen LogP) is 3.64. The molecule has 0 unspecified atom stereocenters. The number of nitrogens with two attached hydrogens (primary N) is 1. The van der Waals surface area contributed by atoms with Gasteiger partial charge in [0.05, 0.1) is 48.3 Å². The van der Waals surface area contributed by atoms with Gasteiger partial charge in [-0.1, -0.05) is 5.92 Å². The summed E-state index contributed by atoms with van der Waals surface area (Å²) < 4.78 is 49.9. The number of halogens is 3. The van der Waals surface area contributed by atoms with E-state index in [4.69, 9.17) is 10.5 Å². The van der Waals surface area contributed by atoms with Gasteiger partial charge >= 0.3 is 6.18 Å². The second-order valence-corrected chi connectivity index (χ2v) is 9.63. The smallest absolute Gasteiger partial charge is 0.378 e. The van der Waals surface area contributed by atoms with Crippen LogP contribution in [0, 0.1) is 18.8 Å². The zero-order valence-corrected chi connectivity index (χ0v) is 22.3. The average Bonchev–Trinajstić information content (AvgIpc) is 3.61. The summed E-state index contributed by atoms with van der Waals surface area (Å²) in [6.45, 7) is 4.40. The highest BCUT2D eigenvalue weighted by Gasteiger charge is 2.32. The van der Waals surface area contributed by atoms with Crippen molar-refractivity contribution in [1.82, 2.24) is 29.1 Å². The standard InChI is InChI=1S/C29H23F3N8O2/c1-18-16-39(17-36-18)23-12-20(11-21(13-23)29(30,31)32)27-24(28(33)41)10-19(14-35-27)2-3-22-15-34-25-4-5-26(37-40(22)25)38-6-8-42-9-7-38/h4-5,10-17H,6-9H2,1H3,(H2,33,41). The molecule has 1 amide bonds. The van der Waals surface area contributed by atoms with Crippen LogP contribution in [-0.2, 0) is 10.9 Å². The summed E-state index contributed by atoms with van der Waals surface area (Å²) in [6.07, 6.45) is 1.33. The largest absolute Gasteiger partial charge is 0.416 e. The van der Waals surface area contributed by atoms with Crippen molar-refractivity contribution >= 4 is 17.4 Å². The molecule has 1 aromatic carbocycles. The van der Waals surface area contributed by atoms with E-state index >= 15 is 0 Å². The molecule has 4 aromatic heterocycles. The molecule has 0 radical (unpaired) electrons. The summed E-state index contributed by atoms with van der Waals surface area (Å²) in [5.74, 6) is 5.84. The molecule has 1 saturated heterocycles. The Kier molecular flexibility index (Phi) is 6.83. The second kappa shape index (κ2) is 10.6. The Morgan fingerprint density at radius 2 is 1.83 bits per heavy atom.